The van der Waals surface area contributed by atoms with Crippen molar-refractivity contribution >= 4 is 39.6 Å². The summed E-state index contributed by atoms with van der Waals surface area (Å²) in [5.41, 5.74) is 1.35. The van der Waals surface area contributed by atoms with Crippen molar-refractivity contribution in [3.63, 3.8) is 0 Å². The third kappa shape index (κ3) is 5.24. The molecule has 0 aromatic carbocycles. The Morgan fingerprint density at radius 3 is 2.66 bits per heavy atom. The zero-order valence-electron chi connectivity index (χ0n) is 17.3. The highest BCUT2D eigenvalue weighted by Gasteiger charge is 2.25. The molecule has 0 saturated carbocycles. The summed E-state index contributed by atoms with van der Waals surface area (Å²) in [6, 6.07) is 6.68. The van der Waals surface area contributed by atoms with Crippen molar-refractivity contribution < 1.29 is 14.1 Å². The Kier molecular flexibility index (Phi) is 6.66. The summed E-state index contributed by atoms with van der Waals surface area (Å²) in [4.78, 5) is 38.2. The van der Waals surface area contributed by atoms with Crippen LogP contribution in [0.2, 0.25) is 0 Å². The molecule has 4 aromatic rings. The van der Waals surface area contributed by atoms with Crippen LogP contribution in [0.4, 0.5) is 5.13 Å². The lowest BCUT2D eigenvalue weighted by atomic mass is 10.0. The number of aromatic nitrogens is 4. The number of amides is 2. The van der Waals surface area contributed by atoms with Gasteiger partial charge in [-0.05, 0) is 29.5 Å². The van der Waals surface area contributed by atoms with E-state index in [4.69, 9.17) is 4.52 Å². The molecule has 2 N–H and O–H groups in total. The van der Waals surface area contributed by atoms with Crippen molar-refractivity contribution in [3.05, 3.63) is 63.9 Å². The maximum atomic E-state index is 12.7. The van der Waals surface area contributed by atoms with E-state index >= 15 is 0 Å². The largest absolute Gasteiger partial charge is 0.344 e. The van der Waals surface area contributed by atoms with Crippen LogP contribution >= 0.6 is 22.7 Å². The van der Waals surface area contributed by atoms with E-state index in [9.17, 15) is 9.59 Å². The fraction of sp³-hybridized carbons (Fsp3) is 0.238. The van der Waals surface area contributed by atoms with E-state index in [0.29, 0.717) is 27.4 Å². The average molecular weight is 469 g/mol. The zero-order chi connectivity index (χ0) is 22.5. The van der Waals surface area contributed by atoms with E-state index in [2.05, 4.69) is 30.7 Å². The summed E-state index contributed by atoms with van der Waals surface area (Å²) in [7, 11) is 0. The van der Waals surface area contributed by atoms with E-state index < -0.39 is 6.04 Å². The summed E-state index contributed by atoms with van der Waals surface area (Å²) < 4.78 is 5.42. The number of thiophene rings is 1. The van der Waals surface area contributed by atoms with E-state index in [0.717, 1.165) is 5.56 Å². The van der Waals surface area contributed by atoms with E-state index in [1.165, 1.54) is 22.7 Å². The van der Waals surface area contributed by atoms with Gasteiger partial charge in [0.2, 0.25) is 17.6 Å². The zero-order valence-corrected chi connectivity index (χ0v) is 18.9. The Hall–Kier alpha value is -3.44. The third-order valence-corrected chi connectivity index (χ3v) is 6.16. The molecule has 0 aliphatic rings. The second-order valence-corrected chi connectivity index (χ2v) is 9.04. The molecule has 4 aromatic heterocycles. The standard InChI is InChI=1S/C21H20N6O3S2/c1-12(2)17(20-25-18(27-30-20)13-5-7-22-8-6-13)24-16(28)10-14-11-32-21(23-14)26-19(29)15-4-3-9-31-15/h3-9,11-12,17H,10H2,1-2H3,(H,24,28)(H,23,26,29). The van der Waals surface area contributed by atoms with Gasteiger partial charge >= 0.3 is 0 Å². The van der Waals surface area contributed by atoms with Crippen molar-refractivity contribution in [1.82, 2.24) is 25.4 Å². The molecule has 2 amide bonds. The van der Waals surface area contributed by atoms with Gasteiger partial charge in [0.05, 0.1) is 17.0 Å². The molecule has 0 bridgehead atoms. The number of thiazole rings is 1. The van der Waals surface area contributed by atoms with Gasteiger partial charge in [-0.25, -0.2) is 4.98 Å². The summed E-state index contributed by atoms with van der Waals surface area (Å²) in [6.07, 6.45) is 3.37. The van der Waals surface area contributed by atoms with Crippen LogP contribution in [0.5, 0.6) is 0 Å². The molecule has 164 valence electrons. The summed E-state index contributed by atoms with van der Waals surface area (Å²) in [5, 5.41) is 13.8. The molecule has 0 aliphatic heterocycles. The molecule has 4 heterocycles. The van der Waals surface area contributed by atoms with Crippen molar-refractivity contribution in [3.8, 4) is 11.4 Å². The summed E-state index contributed by atoms with van der Waals surface area (Å²) in [5.74, 6) is 0.358. The van der Waals surface area contributed by atoms with Crippen molar-refractivity contribution in [2.24, 2.45) is 5.92 Å². The highest BCUT2D eigenvalue weighted by Crippen LogP contribution is 2.24. The van der Waals surface area contributed by atoms with Gasteiger partial charge in [-0.2, -0.15) is 4.98 Å². The average Bonchev–Trinajstić information content (AvgIpc) is 3.54. The minimum Gasteiger partial charge on any atom is -0.344 e. The fourth-order valence-corrected chi connectivity index (χ4v) is 4.22. The third-order valence-electron chi connectivity index (χ3n) is 4.49. The topological polar surface area (TPSA) is 123 Å². The number of carbonyl (C=O) groups is 2. The molecule has 4 rings (SSSR count). The van der Waals surface area contributed by atoms with E-state index in [1.54, 1.807) is 36.0 Å². The number of nitrogens with zero attached hydrogens (tertiary/aromatic N) is 4. The number of carbonyl (C=O) groups excluding carboxylic acids is 2. The first-order valence-electron chi connectivity index (χ1n) is 9.82. The van der Waals surface area contributed by atoms with E-state index in [-0.39, 0.29) is 24.2 Å². The van der Waals surface area contributed by atoms with Gasteiger partial charge in [0.25, 0.3) is 5.91 Å². The molecule has 0 spiro atoms. The Morgan fingerprint density at radius 2 is 1.94 bits per heavy atom. The van der Waals surface area contributed by atoms with Crippen molar-refractivity contribution in [2.75, 3.05) is 5.32 Å². The molecular weight excluding hydrogens is 448 g/mol. The van der Waals surface area contributed by atoms with Gasteiger partial charge in [0, 0.05) is 23.3 Å². The molecule has 32 heavy (non-hydrogen) atoms. The minimum absolute atomic E-state index is 0.0285. The van der Waals surface area contributed by atoms with Crippen LogP contribution in [0.3, 0.4) is 0 Å². The summed E-state index contributed by atoms with van der Waals surface area (Å²) >= 11 is 2.63. The Labute approximate surface area is 191 Å². The Balaban J connectivity index is 1.38. The summed E-state index contributed by atoms with van der Waals surface area (Å²) in [6.45, 7) is 3.92. The molecular formula is C21H20N6O3S2. The predicted molar refractivity (Wildman–Crippen MR) is 121 cm³/mol. The lowest BCUT2D eigenvalue weighted by Crippen LogP contribution is -2.33. The van der Waals surface area contributed by atoms with Gasteiger partial charge in [-0.1, -0.05) is 25.1 Å². The SMILES string of the molecule is CC(C)C(NC(=O)Cc1csc(NC(=O)c2cccs2)n1)c1nc(-c2ccncc2)no1. The molecule has 1 unspecified atom stereocenters. The van der Waals surface area contributed by atoms with E-state index in [1.807, 2.05) is 25.3 Å². The first kappa shape index (κ1) is 21.8. The molecule has 9 nitrogen and oxygen atoms in total. The highest BCUT2D eigenvalue weighted by molar-refractivity contribution is 7.14. The highest BCUT2D eigenvalue weighted by atomic mass is 32.1. The predicted octanol–water partition coefficient (Wildman–Crippen LogP) is 3.96. The van der Waals surface area contributed by atoms with Crippen molar-refractivity contribution in [1.29, 1.82) is 0 Å². The van der Waals surface area contributed by atoms with Crippen LogP contribution in [0.1, 0.15) is 41.1 Å². The molecule has 0 fully saturated rings. The first-order chi connectivity index (χ1) is 15.5. The van der Waals surface area contributed by atoms with Crippen LogP contribution in [0.15, 0.2) is 51.9 Å². The van der Waals surface area contributed by atoms with Crippen LogP contribution in [0.25, 0.3) is 11.4 Å². The maximum absolute atomic E-state index is 12.7. The van der Waals surface area contributed by atoms with Crippen LogP contribution in [-0.2, 0) is 11.2 Å². The fourth-order valence-electron chi connectivity index (χ4n) is 2.89. The van der Waals surface area contributed by atoms with Gasteiger partial charge in [-0.3, -0.25) is 19.9 Å². The maximum Gasteiger partial charge on any atom is 0.267 e. The first-order valence-corrected chi connectivity index (χ1v) is 11.6. The number of anilines is 1. The van der Waals surface area contributed by atoms with Gasteiger partial charge in [0.15, 0.2) is 5.13 Å². The van der Waals surface area contributed by atoms with Gasteiger partial charge in [0.1, 0.15) is 6.04 Å². The van der Waals surface area contributed by atoms with Crippen molar-refractivity contribution in [2.45, 2.75) is 26.3 Å². The van der Waals surface area contributed by atoms with Gasteiger partial charge in [-0.15, -0.1) is 22.7 Å². The quantitative estimate of drug-likeness (QED) is 0.401. The Bertz CT molecular complexity index is 1190. The molecule has 0 aliphatic carbocycles. The molecule has 0 radical (unpaired) electrons. The number of pyridine rings is 1. The molecule has 11 heteroatoms. The lowest BCUT2D eigenvalue weighted by Gasteiger charge is -2.18. The van der Waals surface area contributed by atoms with Crippen LogP contribution in [-0.4, -0.2) is 31.9 Å². The van der Waals surface area contributed by atoms with Gasteiger partial charge < -0.3 is 9.84 Å². The second-order valence-electron chi connectivity index (χ2n) is 7.23. The number of hydrogen-bond acceptors (Lipinski definition) is 9. The monoisotopic (exact) mass is 468 g/mol. The number of rotatable bonds is 8. The number of nitrogens with one attached hydrogen (secondary N) is 2. The number of hydrogen-bond donors (Lipinski definition) is 2. The Morgan fingerprint density at radius 1 is 1.12 bits per heavy atom. The minimum atomic E-state index is -0.442. The van der Waals surface area contributed by atoms with Crippen LogP contribution in [0, 0.1) is 5.92 Å². The molecule has 1 atom stereocenters. The normalized spacial score (nSPS) is 12.0. The van der Waals surface area contributed by atoms with Crippen LogP contribution < -0.4 is 10.6 Å². The lowest BCUT2D eigenvalue weighted by molar-refractivity contribution is -0.121. The molecule has 0 saturated heterocycles. The second kappa shape index (κ2) is 9.79. The smallest absolute Gasteiger partial charge is 0.267 e.